The minimum atomic E-state index is -4.31. The zero-order chi connectivity index (χ0) is 16.3. The Hall–Kier alpha value is -1.43. The van der Waals surface area contributed by atoms with Crippen LogP contribution in [0.5, 0.6) is 5.75 Å². The van der Waals surface area contributed by atoms with Crippen molar-refractivity contribution in [3.8, 4) is 5.75 Å². The average molecular weight is 336 g/mol. The molecule has 122 valence electrons. The third-order valence-electron chi connectivity index (χ3n) is 3.91. The van der Waals surface area contributed by atoms with Crippen molar-refractivity contribution in [2.75, 3.05) is 7.11 Å². The number of nitrogens with one attached hydrogen (secondary N) is 1. The van der Waals surface area contributed by atoms with Crippen LogP contribution in [0.3, 0.4) is 0 Å². The van der Waals surface area contributed by atoms with Crippen molar-refractivity contribution in [3.63, 3.8) is 0 Å². The second kappa shape index (κ2) is 6.77. The summed E-state index contributed by atoms with van der Waals surface area (Å²) < 4.78 is 44.2. The van der Waals surface area contributed by atoms with Gasteiger partial charge in [-0.2, -0.15) is 13.2 Å². The standard InChI is InChI=1S/C15H17ClF3NO2/c1-22-13-7-6-9(16)8-10(13)14(21)20-12-5-3-2-4-11(12)15(17,18)19/h6-8,11-12H,2-5H2,1H3,(H,20,21)/t11-,12-/m0/s1. The zero-order valence-electron chi connectivity index (χ0n) is 12.0. The molecule has 22 heavy (non-hydrogen) atoms. The summed E-state index contributed by atoms with van der Waals surface area (Å²) in [6.45, 7) is 0. The van der Waals surface area contributed by atoms with Crippen LogP contribution in [-0.4, -0.2) is 25.2 Å². The normalized spacial score (nSPS) is 22.2. The molecule has 0 spiro atoms. The number of rotatable bonds is 3. The van der Waals surface area contributed by atoms with Crippen molar-refractivity contribution < 1.29 is 22.7 Å². The van der Waals surface area contributed by atoms with E-state index in [1.54, 1.807) is 6.07 Å². The van der Waals surface area contributed by atoms with Crippen LogP contribution >= 0.6 is 11.6 Å². The number of benzene rings is 1. The Labute approximate surface area is 131 Å². The van der Waals surface area contributed by atoms with Crippen molar-refractivity contribution in [3.05, 3.63) is 28.8 Å². The zero-order valence-corrected chi connectivity index (χ0v) is 12.8. The third kappa shape index (κ3) is 3.85. The number of carbonyl (C=O) groups is 1. The number of hydrogen-bond donors (Lipinski definition) is 1. The second-order valence-electron chi connectivity index (χ2n) is 5.36. The molecule has 1 saturated carbocycles. The lowest BCUT2D eigenvalue weighted by atomic mass is 9.84. The van der Waals surface area contributed by atoms with Gasteiger partial charge in [0.25, 0.3) is 5.91 Å². The van der Waals surface area contributed by atoms with Crippen molar-refractivity contribution in [1.82, 2.24) is 5.32 Å². The summed E-state index contributed by atoms with van der Waals surface area (Å²) in [4.78, 5) is 12.3. The van der Waals surface area contributed by atoms with Gasteiger partial charge in [0, 0.05) is 11.1 Å². The van der Waals surface area contributed by atoms with E-state index < -0.39 is 24.0 Å². The van der Waals surface area contributed by atoms with Crippen molar-refractivity contribution in [2.24, 2.45) is 5.92 Å². The smallest absolute Gasteiger partial charge is 0.393 e. The SMILES string of the molecule is COc1ccc(Cl)cc1C(=O)N[C@H]1CCCC[C@@H]1C(F)(F)F. The minimum absolute atomic E-state index is 0.0428. The topological polar surface area (TPSA) is 38.3 Å². The molecule has 1 fully saturated rings. The molecule has 2 rings (SSSR count). The van der Waals surface area contributed by atoms with E-state index in [1.165, 1.54) is 19.2 Å². The van der Waals surface area contributed by atoms with Gasteiger partial charge in [-0.25, -0.2) is 0 Å². The lowest BCUT2D eigenvalue weighted by Crippen LogP contribution is -2.47. The van der Waals surface area contributed by atoms with Crippen LogP contribution in [0, 0.1) is 5.92 Å². The summed E-state index contributed by atoms with van der Waals surface area (Å²) in [6, 6.07) is 3.54. The minimum Gasteiger partial charge on any atom is -0.496 e. The fourth-order valence-corrected chi connectivity index (χ4v) is 2.97. The predicted molar refractivity (Wildman–Crippen MR) is 77.3 cm³/mol. The van der Waals surface area contributed by atoms with Crippen LogP contribution < -0.4 is 10.1 Å². The number of carbonyl (C=O) groups excluding carboxylic acids is 1. The molecule has 1 amide bonds. The summed E-state index contributed by atoms with van der Waals surface area (Å²) in [6.07, 6.45) is -2.75. The van der Waals surface area contributed by atoms with E-state index in [-0.39, 0.29) is 17.7 Å². The van der Waals surface area contributed by atoms with E-state index >= 15 is 0 Å². The number of alkyl halides is 3. The second-order valence-corrected chi connectivity index (χ2v) is 5.79. The Morgan fingerprint density at radius 2 is 2.00 bits per heavy atom. The monoisotopic (exact) mass is 335 g/mol. The fraction of sp³-hybridized carbons (Fsp3) is 0.533. The van der Waals surface area contributed by atoms with Crippen LogP contribution in [0.15, 0.2) is 18.2 Å². The largest absolute Gasteiger partial charge is 0.496 e. The molecule has 2 atom stereocenters. The Kier molecular flexibility index (Phi) is 5.21. The number of halogens is 4. The van der Waals surface area contributed by atoms with Gasteiger partial charge in [-0.05, 0) is 31.0 Å². The first kappa shape index (κ1) is 16.9. The van der Waals surface area contributed by atoms with Crippen molar-refractivity contribution >= 4 is 17.5 Å². The molecular weight excluding hydrogens is 319 g/mol. The number of methoxy groups -OCH3 is 1. The highest BCUT2D eigenvalue weighted by Crippen LogP contribution is 2.38. The van der Waals surface area contributed by atoms with Gasteiger partial charge in [-0.3, -0.25) is 4.79 Å². The molecule has 0 bridgehead atoms. The van der Waals surface area contributed by atoms with E-state index in [0.717, 1.165) is 0 Å². The molecule has 7 heteroatoms. The Morgan fingerprint density at radius 1 is 1.32 bits per heavy atom. The van der Waals surface area contributed by atoms with Gasteiger partial charge in [0.15, 0.2) is 0 Å². The molecule has 0 saturated heterocycles. The summed E-state index contributed by atoms with van der Waals surface area (Å²) in [5, 5.41) is 2.82. The van der Waals surface area contributed by atoms with Crippen molar-refractivity contribution in [2.45, 2.75) is 37.9 Å². The Morgan fingerprint density at radius 3 is 2.64 bits per heavy atom. The molecule has 0 unspecified atom stereocenters. The number of hydrogen-bond acceptors (Lipinski definition) is 2. The molecular formula is C15H17ClF3NO2. The Balaban J connectivity index is 2.18. The molecule has 3 nitrogen and oxygen atoms in total. The summed E-state index contributed by atoms with van der Waals surface area (Å²) in [5.74, 6) is -1.82. The van der Waals surface area contributed by atoms with Gasteiger partial charge >= 0.3 is 6.18 Å². The highest BCUT2D eigenvalue weighted by atomic mass is 35.5. The first-order valence-electron chi connectivity index (χ1n) is 7.04. The number of ether oxygens (including phenoxy) is 1. The van der Waals surface area contributed by atoms with Crippen LogP contribution in [0.1, 0.15) is 36.0 Å². The molecule has 0 aliphatic heterocycles. The molecule has 1 N–H and O–H groups in total. The van der Waals surface area contributed by atoms with E-state index in [0.29, 0.717) is 24.3 Å². The Bertz CT molecular complexity index is 548. The third-order valence-corrected chi connectivity index (χ3v) is 4.14. The van der Waals surface area contributed by atoms with Crippen LogP contribution in [-0.2, 0) is 0 Å². The maximum absolute atomic E-state index is 13.1. The van der Waals surface area contributed by atoms with Gasteiger partial charge < -0.3 is 10.1 Å². The first-order chi connectivity index (χ1) is 10.3. The van der Waals surface area contributed by atoms with Gasteiger partial charge in [0.05, 0.1) is 18.6 Å². The van der Waals surface area contributed by atoms with Crippen LogP contribution in [0.2, 0.25) is 5.02 Å². The molecule has 1 aromatic rings. The van der Waals surface area contributed by atoms with Gasteiger partial charge in [-0.15, -0.1) is 0 Å². The summed E-state index contributed by atoms with van der Waals surface area (Å²) in [7, 11) is 1.39. The first-order valence-corrected chi connectivity index (χ1v) is 7.42. The molecule has 0 heterocycles. The molecule has 0 radical (unpaired) electrons. The maximum atomic E-state index is 13.1. The van der Waals surface area contributed by atoms with E-state index in [1.807, 2.05) is 0 Å². The van der Waals surface area contributed by atoms with Gasteiger partial charge in [0.1, 0.15) is 5.75 Å². The average Bonchev–Trinajstić information content (AvgIpc) is 2.46. The molecule has 1 aliphatic rings. The van der Waals surface area contributed by atoms with Crippen molar-refractivity contribution in [1.29, 1.82) is 0 Å². The van der Waals surface area contributed by atoms with Gasteiger partial charge in [0.2, 0.25) is 0 Å². The van der Waals surface area contributed by atoms with E-state index in [4.69, 9.17) is 16.3 Å². The lowest BCUT2D eigenvalue weighted by Gasteiger charge is -2.33. The van der Waals surface area contributed by atoms with Gasteiger partial charge in [-0.1, -0.05) is 24.4 Å². The lowest BCUT2D eigenvalue weighted by molar-refractivity contribution is -0.187. The van der Waals surface area contributed by atoms with Crippen LogP contribution in [0.25, 0.3) is 0 Å². The number of amides is 1. The van der Waals surface area contributed by atoms with E-state index in [9.17, 15) is 18.0 Å². The fourth-order valence-electron chi connectivity index (χ4n) is 2.80. The van der Waals surface area contributed by atoms with E-state index in [2.05, 4.69) is 5.32 Å². The quantitative estimate of drug-likeness (QED) is 0.899. The summed E-state index contributed by atoms with van der Waals surface area (Å²) in [5.41, 5.74) is 0.140. The highest BCUT2D eigenvalue weighted by molar-refractivity contribution is 6.31. The molecule has 1 aromatic carbocycles. The molecule has 0 aromatic heterocycles. The predicted octanol–water partition coefficient (Wildman–Crippen LogP) is 4.20. The highest BCUT2D eigenvalue weighted by Gasteiger charge is 2.46. The summed E-state index contributed by atoms with van der Waals surface area (Å²) >= 11 is 5.85. The maximum Gasteiger partial charge on any atom is 0.393 e. The molecule has 1 aliphatic carbocycles. The van der Waals surface area contributed by atoms with Crippen LogP contribution in [0.4, 0.5) is 13.2 Å².